The number of benzene rings is 2. The van der Waals surface area contributed by atoms with Crippen molar-refractivity contribution in [2.24, 2.45) is 0 Å². The lowest BCUT2D eigenvalue weighted by Crippen LogP contribution is -2.36. The van der Waals surface area contributed by atoms with E-state index in [0.717, 1.165) is 22.4 Å². The Morgan fingerprint density at radius 3 is 2.59 bits per heavy atom. The van der Waals surface area contributed by atoms with Gasteiger partial charge in [-0.05, 0) is 57.4 Å². The van der Waals surface area contributed by atoms with Gasteiger partial charge in [0.15, 0.2) is 10.2 Å². The van der Waals surface area contributed by atoms with Crippen molar-refractivity contribution in [3.63, 3.8) is 0 Å². The lowest BCUT2D eigenvalue weighted by atomic mass is 10.1. The van der Waals surface area contributed by atoms with Gasteiger partial charge in [-0.3, -0.25) is 4.79 Å². The maximum Gasteiger partial charge on any atom is 0.408 e. The molecule has 0 fully saturated rings. The van der Waals surface area contributed by atoms with Gasteiger partial charge in [-0.1, -0.05) is 65.6 Å². The summed E-state index contributed by atoms with van der Waals surface area (Å²) in [4.78, 5) is 25.8. The Bertz CT molecular complexity index is 1390. The second-order valence-electron chi connectivity index (χ2n) is 9.66. The number of alkyl carbamates (subject to hydrolysis) is 1. The topological polar surface area (TPSA) is 111 Å². The first-order valence-corrected chi connectivity index (χ1v) is 13.6. The van der Waals surface area contributed by atoms with Crippen LogP contribution in [-0.2, 0) is 16.0 Å². The first-order valence-electron chi connectivity index (χ1n) is 11.8. The molecule has 9 nitrogen and oxygen atoms in total. The van der Waals surface area contributed by atoms with Crippen molar-refractivity contribution in [2.75, 3.05) is 11.1 Å². The van der Waals surface area contributed by atoms with Crippen LogP contribution in [0, 0.1) is 13.8 Å². The van der Waals surface area contributed by atoms with E-state index < -0.39 is 17.7 Å². The average molecular weight is 539 g/mol. The van der Waals surface area contributed by atoms with Crippen molar-refractivity contribution >= 4 is 45.7 Å². The number of carbonyl (C=O) groups excluding carboxylic acids is 2. The minimum atomic E-state index is -0.635. The number of aryl methyl sites for hydroxylation is 2. The molecule has 0 aliphatic carbocycles. The summed E-state index contributed by atoms with van der Waals surface area (Å²) in [6, 6.07) is 15.2. The molecule has 0 aliphatic heterocycles. The lowest BCUT2D eigenvalue weighted by Gasteiger charge is -2.22. The summed E-state index contributed by atoms with van der Waals surface area (Å²) in [6.45, 7) is 9.39. The van der Waals surface area contributed by atoms with Crippen molar-refractivity contribution in [3.05, 3.63) is 71.0 Å². The second-order valence-corrected chi connectivity index (χ2v) is 11.8. The Labute approximate surface area is 224 Å². The second kappa shape index (κ2) is 11.3. The van der Waals surface area contributed by atoms with Gasteiger partial charge in [-0.2, -0.15) is 4.52 Å². The zero-order chi connectivity index (χ0) is 26.6. The van der Waals surface area contributed by atoms with Crippen LogP contribution < -0.4 is 10.6 Å². The molecule has 0 saturated heterocycles. The molecule has 0 aliphatic rings. The molecule has 194 valence electrons. The van der Waals surface area contributed by atoms with Crippen LogP contribution in [0.1, 0.15) is 49.3 Å². The smallest absolute Gasteiger partial charge is 0.408 e. The highest BCUT2D eigenvalue weighted by Gasteiger charge is 2.26. The van der Waals surface area contributed by atoms with Crippen molar-refractivity contribution in [1.82, 2.24) is 25.1 Å². The first kappa shape index (κ1) is 26.6. The Morgan fingerprint density at radius 1 is 1.11 bits per heavy atom. The minimum Gasteiger partial charge on any atom is -0.444 e. The van der Waals surface area contributed by atoms with Crippen LogP contribution in [0.4, 0.5) is 10.5 Å². The molecule has 2 aromatic heterocycles. The molecular formula is C26H30N6O3S2. The number of carbonyl (C=O) groups is 2. The van der Waals surface area contributed by atoms with Crippen molar-refractivity contribution in [1.29, 1.82) is 0 Å². The highest BCUT2D eigenvalue weighted by molar-refractivity contribution is 8.01. The first-order chi connectivity index (χ1) is 17.6. The van der Waals surface area contributed by atoms with Crippen LogP contribution in [-0.4, -0.2) is 43.2 Å². The van der Waals surface area contributed by atoms with Crippen LogP contribution >= 0.6 is 23.1 Å². The summed E-state index contributed by atoms with van der Waals surface area (Å²) in [5, 5.41) is 19.1. The third kappa shape index (κ3) is 7.30. The van der Waals surface area contributed by atoms with E-state index in [2.05, 4.69) is 25.9 Å². The van der Waals surface area contributed by atoms with Crippen molar-refractivity contribution in [3.8, 4) is 0 Å². The molecule has 2 aromatic carbocycles. The van der Waals surface area contributed by atoms with Crippen LogP contribution in [0.5, 0.6) is 0 Å². The number of amides is 2. The van der Waals surface area contributed by atoms with E-state index in [4.69, 9.17) is 4.74 Å². The SMILES string of the molecule is Cc1ccc(C)c(NC(=O)CSc2nn3c(C(Cc4ccccc4)NC(=O)OC(C)(C)C)nnc3s2)c1. The normalized spacial score (nSPS) is 12.4. The summed E-state index contributed by atoms with van der Waals surface area (Å²) in [5.74, 6) is 0.585. The molecule has 37 heavy (non-hydrogen) atoms. The number of hydrogen-bond acceptors (Lipinski definition) is 8. The standard InChI is InChI=1S/C26H30N6O3S2/c1-16-11-12-17(2)19(13-16)27-21(33)15-36-25-31-32-22(29-30-23(32)37-25)20(14-18-9-7-6-8-10-18)28-24(34)35-26(3,4)5/h6-13,20H,14-15H2,1-5H3,(H,27,33)(H,28,34). The molecule has 1 unspecified atom stereocenters. The Kier molecular flexibility index (Phi) is 8.13. The Morgan fingerprint density at radius 2 is 1.86 bits per heavy atom. The molecule has 0 radical (unpaired) electrons. The molecule has 11 heteroatoms. The quantitative estimate of drug-likeness (QED) is 0.291. The maximum absolute atomic E-state index is 12.6. The van der Waals surface area contributed by atoms with Gasteiger partial charge in [0.25, 0.3) is 0 Å². The maximum atomic E-state index is 12.6. The number of fused-ring (bicyclic) bond motifs is 1. The minimum absolute atomic E-state index is 0.113. The van der Waals surface area contributed by atoms with Crippen molar-refractivity contribution in [2.45, 2.75) is 57.0 Å². The third-order valence-corrected chi connectivity index (χ3v) is 7.31. The zero-order valence-corrected chi connectivity index (χ0v) is 23.1. The number of hydrogen-bond donors (Lipinski definition) is 2. The highest BCUT2D eigenvalue weighted by atomic mass is 32.2. The predicted octanol–water partition coefficient (Wildman–Crippen LogP) is 5.34. The van der Waals surface area contributed by atoms with Crippen LogP contribution in [0.3, 0.4) is 0 Å². The van der Waals surface area contributed by atoms with E-state index >= 15 is 0 Å². The van der Waals surface area contributed by atoms with Gasteiger partial charge in [0.05, 0.1) is 11.8 Å². The molecule has 0 saturated carbocycles. The summed E-state index contributed by atoms with van der Waals surface area (Å²) >= 11 is 2.67. The van der Waals surface area contributed by atoms with Gasteiger partial charge in [-0.25, -0.2) is 4.79 Å². The molecule has 4 aromatic rings. The number of nitrogens with zero attached hydrogens (tertiary/aromatic N) is 4. The zero-order valence-electron chi connectivity index (χ0n) is 21.4. The number of anilines is 1. The average Bonchev–Trinajstić information content (AvgIpc) is 3.40. The van der Waals surface area contributed by atoms with E-state index in [-0.39, 0.29) is 11.7 Å². The van der Waals surface area contributed by atoms with Crippen LogP contribution in [0.15, 0.2) is 52.9 Å². The fourth-order valence-corrected chi connectivity index (χ4v) is 5.26. The van der Waals surface area contributed by atoms with Gasteiger partial charge >= 0.3 is 6.09 Å². The van der Waals surface area contributed by atoms with Gasteiger partial charge in [-0.15, -0.1) is 15.3 Å². The van der Waals surface area contributed by atoms with E-state index in [1.165, 1.54) is 23.1 Å². The van der Waals surface area contributed by atoms with E-state index in [0.29, 0.717) is 21.5 Å². The fraction of sp³-hybridized carbons (Fsp3) is 0.346. The van der Waals surface area contributed by atoms with Gasteiger partial charge < -0.3 is 15.4 Å². The molecule has 2 N–H and O–H groups in total. The molecule has 1 atom stereocenters. The summed E-state index contributed by atoms with van der Waals surface area (Å²) < 4.78 is 7.78. The molecule has 0 spiro atoms. The Hall–Kier alpha value is -3.44. The highest BCUT2D eigenvalue weighted by Crippen LogP contribution is 2.27. The van der Waals surface area contributed by atoms with Crippen molar-refractivity contribution < 1.29 is 14.3 Å². The summed E-state index contributed by atoms with van der Waals surface area (Å²) in [5.41, 5.74) is 3.29. The van der Waals surface area contributed by atoms with E-state index in [1.54, 1.807) is 4.52 Å². The number of nitrogens with one attached hydrogen (secondary N) is 2. The van der Waals surface area contributed by atoms with E-state index in [1.807, 2.05) is 83.1 Å². The molecule has 2 heterocycles. The lowest BCUT2D eigenvalue weighted by molar-refractivity contribution is -0.113. The summed E-state index contributed by atoms with van der Waals surface area (Å²) in [7, 11) is 0. The number of aromatic nitrogens is 4. The van der Waals surface area contributed by atoms with Gasteiger partial charge in [0, 0.05) is 12.1 Å². The molecule has 2 amide bonds. The van der Waals surface area contributed by atoms with Crippen LogP contribution in [0.25, 0.3) is 4.96 Å². The summed E-state index contributed by atoms with van der Waals surface area (Å²) in [6.07, 6.45) is -0.0582. The number of ether oxygens (including phenoxy) is 1. The number of rotatable bonds is 8. The van der Waals surface area contributed by atoms with E-state index in [9.17, 15) is 9.59 Å². The molecule has 0 bridgehead atoms. The molecule has 4 rings (SSSR count). The fourth-order valence-electron chi connectivity index (χ4n) is 3.58. The molecular weight excluding hydrogens is 508 g/mol. The monoisotopic (exact) mass is 538 g/mol. The van der Waals surface area contributed by atoms with Gasteiger partial charge in [0.2, 0.25) is 10.9 Å². The van der Waals surface area contributed by atoms with Gasteiger partial charge in [0.1, 0.15) is 5.60 Å². The van der Waals surface area contributed by atoms with Crippen LogP contribution in [0.2, 0.25) is 0 Å². The number of thioether (sulfide) groups is 1. The largest absolute Gasteiger partial charge is 0.444 e. The Balaban J connectivity index is 1.49. The third-order valence-electron chi connectivity index (χ3n) is 5.28. The predicted molar refractivity (Wildman–Crippen MR) is 146 cm³/mol.